The molecule has 1 aromatic carbocycles. The number of hydrogen-bond donors (Lipinski definition) is 0. The average Bonchev–Trinajstić information content (AvgIpc) is 2.28. The van der Waals surface area contributed by atoms with Crippen LogP contribution in [-0.4, -0.2) is 11.9 Å². The Labute approximate surface area is 116 Å². The summed E-state index contributed by atoms with van der Waals surface area (Å²) in [5.74, 6) is 0. The molecular weight excluding hydrogens is 277 g/mol. The summed E-state index contributed by atoms with van der Waals surface area (Å²) < 4.78 is 0. The van der Waals surface area contributed by atoms with Gasteiger partial charge in [-0.2, -0.15) is 0 Å². The topological polar surface area (TPSA) is 3.24 Å². The Morgan fingerprint density at radius 1 is 1.12 bits per heavy atom. The van der Waals surface area contributed by atoms with Gasteiger partial charge in [0.05, 0.1) is 15.8 Å². The molecule has 0 atom stereocenters. The van der Waals surface area contributed by atoms with Crippen LogP contribution in [0.3, 0.4) is 0 Å². The van der Waals surface area contributed by atoms with Crippen molar-refractivity contribution >= 4 is 40.5 Å². The average molecular weight is 287 g/mol. The van der Waals surface area contributed by atoms with Gasteiger partial charge in [0, 0.05) is 23.3 Å². The maximum atomic E-state index is 6.18. The second kappa shape index (κ2) is 4.77. The van der Waals surface area contributed by atoms with E-state index in [1.807, 2.05) is 30.2 Å². The first kappa shape index (κ1) is 12.6. The third-order valence-electron chi connectivity index (χ3n) is 2.64. The molecule has 17 heavy (non-hydrogen) atoms. The van der Waals surface area contributed by atoms with Gasteiger partial charge in [-0.25, -0.2) is 0 Å². The molecule has 1 aliphatic rings. The van der Waals surface area contributed by atoms with E-state index in [4.69, 9.17) is 34.8 Å². The van der Waals surface area contributed by atoms with E-state index in [0.717, 1.165) is 17.0 Å². The van der Waals surface area contributed by atoms with Gasteiger partial charge in [0.15, 0.2) is 0 Å². The monoisotopic (exact) mass is 285 g/mol. The normalized spacial score (nSPS) is 15.8. The molecule has 0 fully saturated rings. The minimum atomic E-state index is 0.606. The molecule has 1 heterocycles. The lowest BCUT2D eigenvalue weighted by molar-refractivity contribution is 0.611. The van der Waals surface area contributed by atoms with Crippen molar-refractivity contribution in [2.45, 2.75) is 0 Å². The van der Waals surface area contributed by atoms with Crippen LogP contribution < -0.4 is 0 Å². The number of rotatable bonds is 1. The minimum Gasteiger partial charge on any atom is -0.343 e. The van der Waals surface area contributed by atoms with Gasteiger partial charge in [-0.15, -0.1) is 0 Å². The minimum absolute atomic E-state index is 0.606. The van der Waals surface area contributed by atoms with Gasteiger partial charge in [0.25, 0.3) is 0 Å². The van der Waals surface area contributed by atoms with Gasteiger partial charge in [0.1, 0.15) is 0 Å². The quantitative estimate of drug-likeness (QED) is 0.708. The van der Waals surface area contributed by atoms with Crippen LogP contribution >= 0.6 is 34.8 Å². The Hall–Kier alpha value is -0.890. The molecule has 1 aromatic rings. The number of halogens is 3. The SMILES string of the molecule is C=C1C(Cl)=CC=C(c2ccc(Cl)cc2Cl)N1C. The smallest absolute Gasteiger partial charge is 0.0637 e. The molecule has 2 rings (SSSR count). The first-order valence-electron chi connectivity index (χ1n) is 4.96. The summed E-state index contributed by atoms with van der Waals surface area (Å²) in [6, 6.07) is 5.41. The second-order valence-electron chi connectivity index (χ2n) is 3.70. The van der Waals surface area contributed by atoms with Crippen LogP contribution in [0.1, 0.15) is 5.56 Å². The Bertz CT molecular complexity index is 544. The van der Waals surface area contributed by atoms with Gasteiger partial charge >= 0.3 is 0 Å². The first-order valence-corrected chi connectivity index (χ1v) is 6.10. The highest BCUT2D eigenvalue weighted by atomic mass is 35.5. The van der Waals surface area contributed by atoms with E-state index in [-0.39, 0.29) is 0 Å². The van der Waals surface area contributed by atoms with Gasteiger partial charge in [-0.05, 0) is 30.4 Å². The van der Waals surface area contributed by atoms with Crippen molar-refractivity contribution in [3.05, 3.63) is 63.3 Å². The zero-order valence-corrected chi connectivity index (χ0v) is 11.4. The highest BCUT2D eigenvalue weighted by Crippen LogP contribution is 2.34. The fourth-order valence-electron chi connectivity index (χ4n) is 1.63. The van der Waals surface area contributed by atoms with E-state index in [0.29, 0.717) is 15.1 Å². The summed E-state index contributed by atoms with van der Waals surface area (Å²) in [4.78, 5) is 1.90. The molecule has 0 N–H and O–H groups in total. The molecule has 0 amide bonds. The summed E-state index contributed by atoms with van der Waals surface area (Å²) in [6.07, 6.45) is 3.72. The Balaban J connectivity index is 2.51. The maximum Gasteiger partial charge on any atom is 0.0637 e. The molecule has 0 radical (unpaired) electrons. The number of benzene rings is 1. The largest absolute Gasteiger partial charge is 0.343 e. The fourth-order valence-corrected chi connectivity index (χ4v) is 2.33. The maximum absolute atomic E-state index is 6.18. The lowest BCUT2D eigenvalue weighted by Crippen LogP contribution is -2.18. The van der Waals surface area contributed by atoms with Gasteiger partial charge in [-0.3, -0.25) is 0 Å². The van der Waals surface area contributed by atoms with Gasteiger partial charge in [0.2, 0.25) is 0 Å². The predicted octanol–water partition coefficient (Wildman–Crippen LogP) is 4.92. The standard InChI is InChI=1S/C13H10Cl3N/c1-8-11(15)5-6-13(17(8)2)10-4-3-9(14)7-12(10)16/h3-7H,1H2,2H3. The van der Waals surface area contributed by atoms with Crippen LogP contribution in [0.4, 0.5) is 0 Å². The van der Waals surface area contributed by atoms with Crippen LogP contribution in [-0.2, 0) is 0 Å². The summed E-state index contributed by atoms with van der Waals surface area (Å²) in [5, 5.41) is 1.85. The zero-order valence-electron chi connectivity index (χ0n) is 9.17. The third kappa shape index (κ3) is 2.37. The molecular formula is C13H10Cl3N. The van der Waals surface area contributed by atoms with Crippen LogP contribution in [0.2, 0.25) is 10.0 Å². The summed E-state index contributed by atoms with van der Waals surface area (Å²) >= 11 is 18.1. The molecule has 1 aliphatic heterocycles. The molecule has 0 aromatic heterocycles. The molecule has 0 bridgehead atoms. The van der Waals surface area contributed by atoms with E-state index in [9.17, 15) is 0 Å². The predicted molar refractivity (Wildman–Crippen MR) is 75.3 cm³/mol. The molecule has 0 spiro atoms. The van der Waals surface area contributed by atoms with Crippen molar-refractivity contribution in [2.24, 2.45) is 0 Å². The fraction of sp³-hybridized carbons (Fsp3) is 0.0769. The van der Waals surface area contributed by atoms with Crippen LogP contribution in [0.5, 0.6) is 0 Å². The van der Waals surface area contributed by atoms with Crippen LogP contribution in [0.25, 0.3) is 5.70 Å². The van der Waals surface area contributed by atoms with E-state index in [1.54, 1.807) is 12.1 Å². The highest BCUT2D eigenvalue weighted by Gasteiger charge is 2.18. The molecule has 1 nitrogen and oxygen atoms in total. The van der Waals surface area contributed by atoms with Gasteiger partial charge in [-0.1, -0.05) is 41.4 Å². The summed E-state index contributed by atoms with van der Waals surface area (Å²) in [5.41, 5.74) is 2.59. The van der Waals surface area contributed by atoms with Crippen molar-refractivity contribution < 1.29 is 0 Å². The Morgan fingerprint density at radius 3 is 2.47 bits per heavy atom. The zero-order chi connectivity index (χ0) is 12.6. The molecule has 88 valence electrons. The Morgan fingerprint density at radius 2 is 1.82 bits per heavy atom. The van der Waals surface area contributed by atoms with E-state index < -0.39 is 0 Å². The molecule has 0 unspecified atom stereocenters. The van der Waals surface area contributed by atoms with Crippen molar-refractivity contribution in [2.75, 3.05) is 7.05 Å². The van der Waals surface area contributed by atoms with E-state index in [1.165, 1.54) is 0 Å². The lowest BCUT2D eigenvalue weighted by Gasteiger charge is -2.28. The number of nitrogens with zero attached hydrogens (tertiary/aromatic N) is 1. The second-order valence-corrected chi connectivity index (χ2v) is 4.95. The molecule has 0 aliphatic carbocycles. The van der Waals surface area contributed by atoms with Crippen molar-refractivity contribution in [3.63, 3.8) is 0 Å². The van der Waals surface area contributed by atoms with E-state index >= 15 is 0 Å². The number of allylic oxidation sites excluding steroid dienone is 3. The Kier molecular flexibility index (Phi) is 3.53. The van der Waals surface area contributed by atoms with Crippen molar-refractivity contribution in [1.82, 2.24) is 4.90 Å². The van der Waals surface area contributed by atoms with Crippen molar-refractivity contribution in [1.29, 1.82) is 0 Å². The molecule has 0 saturated heterocycles. The highest BCUT2D eigenvalue weighted by molar-refractivity contribution is 6.36. The summed E-state index contributed by atoms with van der Waals surface area (Å²) in [7, 11) is 1.90. The number of hydrogen-bond acceptors (Lipinski definition) is 1. The van der Waals surface area contributed by atoms with Crippen molar-refractivity contribution in [3.8, 4) is 0 Å². The van der Waals surface area contributed by atoms with Gasteiger partial charge < -0.3 is 4.90 Å². The van der Waals surface area contributed by atoms with Crippen LogP contribution in [0, 0.1) is 0 Å². The first-order chi connectivity index (χ1) is 8.00. The lowest BCUT2D eigenvalue weighted by atomic mass is 10.1. The summed E-state index contributed by atoms with van der Waals surface area (Å²) in [6.45, 7) is 3.91. The molecule has 0 saturated carbocycles. The third-order valence-corrected chi connectivity index (χ3v) is 3.53. The van der Waals surface area contributed by atoms with E-state index in [2.05, 4.69) is 6.58 Å². The number of likely N-dealkylation sites (N-methyl/N-ethyl adjacent to an activating group) is 1. The molecule has 4 heteroatoms. The van der Waals surface area contributed by atoms with Crippen LogP contribution in [0.15, 0.2) is 47.7 Å².